The molecule has 1 saturated heterocycles. The summed E-state index contributed by atoms with van der Waals surface area (Å²) >= 11 is 6.04. The van der Waals surface area contributed by atoms with Crippen molar-refractivity contribution in [2.45, 2.75) is 24.3 Å². The molecule has 0 unspecified atom stereocenters. The molecular weight excluding hydrogens is 272 g/mol. The molecule has 1 heterocycles. The van der Waals surface area contributed by atoms with E-state index in [-0.39, 0.29) is 16.0 Å². The molecule has 0 amide bonds. The van der Waals surface area contributed by atoms with Gasteiger partial charge >= 0.3 is 0 Å². The zero-order chi connectivity index (χ0) is 13.3. The lowest BCUT2D eigenvalue weighted by Gasteiger charge is -2.23. The molecule has 1 aromatic carbocycles. The van der Waals surface area contributed by atoms with E-state index in [2.05, 4.69) is 5.32 Å². The van der Waals surface area contributed by atoms with Gasteiger partial charge in [-0.1, -0.05) is 17.7 Å². The van der Waals surface area contributed by atoms with E-state index < -0.39 is 10.0 Å². The summed E-state index contributed by atoms with van der Waals surface area (Å²) in [5.74, 6) is 0. The molecule has 0 bridgehead atoms. The van der Waals surface area contributed by atoms with Crippen molar-refractivity contribution in [1.29, 1.82) is 0 Å². The first-order valence-electron chi connectivity index (χ1n) is 5.88. The molecule has 1 fully saturated rings. The summed E-state index contributed by atoms with van der Waals surface area (Å²) in [5.41, 5.74) is 0.948. The van der Waals surface area contributed by atoms with E-state index in [0.29, 0.717) is 6.54 Å². The Kier molecular flexibility index (Phi) is 3.96. The van der Waals surface area contributed by atoms with Crippen LogP contribution in [0.3, 0.4) is 0 Å². The number of nitrogens with zero attached hydrogens (tertiary/aromatic N) is 1. The Morgan fingerprint density at radius 1 is 1.44 bits per heavy atom. The number of rotatable bonds is 3. The van der Waals surface area contributed by atoms with Crippen molar-refractivity contribution >= 4 is 21.6 Å². The summed E-state index contributed by atoms with van der Waals surface area (Å²) < 4.78 is 26.4. The molecular formula is C12H17ClN2O2S. The maximum absolute atomic E-state index is 12.5. The number of hydrogen-bond acceptors (Lipinski definition) is 3. The summed E-state index contributed by atoms with van der Waals surface area (Å²) in [7, 11) is -1.89. The van der Waals surface area contributed by atoms with Gasteiger partial charge in [-0.25, -0.2) is 8.42 Å². The van der Waals surface area contributed by atoms with E-state index in [0.717, 1.165) is 18.5 Å². The van der Waals surface area contributed by atoms with Crippen molar-refractivity contribution in [2.75, 3.05) is 20.1 Å². The number of benzene rings is 1. The fourth-order valence-corrected chi connectivity index (χ4v) is 4.07. The third-order valence-electron chi connectivity index (χ3n) is 3.29. The molecule has 0 aromatic heterocycles. The first-order valence-corrected chi connectivity index (χ1v) is 7.69. The van der Waals surface area contributed by atoms with Crippen LogP contribution >= 0.6 is 11.6 Å². The molecule has 0 saturated carbocycles. The summed E-state index contributed by atoms with van der Waals surface area (Å²) in [6.45, 7) is 3.43. The molecule has 0 radical (unpaired) electrons. The quantitative estimate of drug-likeness (QED) is 0.920. The van der Waals surface area contributed by atoms with E-state index in [1.807, 2.05) is 6.92 Å². The second kappa shape index (κ2) is 5.17. The SMILES string of the molecule is Cc1ccc(S(=O)(=O)N(C)[C@H]2CCNC2)c(Cl)c1. The van der Waals surface area contributed by atoms with Gasteiger partial charge in [0.1, 0.15) is 4.90 Å². The third-order valence-corrected chi connectivity index (χ3v) is 5.69. The maximum atomic E-state index is 12.5. The molecule has 6 heteroatoms. The van der Waals surface area contributed by atoms with Gasteiger partial charge in [-0.3, -0.25) is 0 Å². The Morgan fingerprint density at radius 3 is 2.72 bits per heavy atom. The van der Waals surface area contributed by atoms with Crippen molar-refractivity contribution in [2.24, 2.45) is 0 Å². The zero-order valence-electron chi connectivity index (χ0n) is 10.5. The van der Waals surface area contributed by atoms with Crippen LogP contribution in [0.15, 0.2) is 23.1 Å². The van der Waals surface area contributed by atoms with E-state index in [4.69, 9.17) is 11.6 Å². The smallest absolute Gasteiger partial charge is 0.244 e. The molecule has 1 aliphatic rings. The normalized spacial score (nSPS) is 20.6. The highest BCUT2D eigenvalue weighted by Gasteiger charge is 2.31. The summed E-state index contributed by atoms with van der Waals surface area (Å²) in [4.78, 5) is 0.184. The number of sulfonamides is 1. The lowest BCUT2D eigenvalue weighted by molar-refractivity contribution is 0.388. The monoisotopic (exact) mass is 288 g/mol. The van der Waals surface area contributed by atoms with Crippen LogP contribution < -0.4 is 5.32 Å². The van der Waals surface area contributed by atoms with Gasteiger partial charge in [0.2, 0.25) is 10.0 Å². The first-order chi connectivity index (χ1) is 8.43. The molecule has 1 atom stereocenters. The van der Waals surface area contributed by atoms with Crippen LogP contribution in [0.5, 0.6) is 0 Å². The van der Waals surface area contributed by atoms with Crippen LogP contribution in [0.25, 0.3) is 0 Å². The van der Waals surface area contributed by atoms with Crippen molar-refractivity contribution in [3.63, 3.8) is 0 Å². The second-order valence-corrected chi connectivity index (χ2v) is 6.97. The van der Waals surface area contributed by atoms with Crippen LogP contribution in [-0.2, 0) is 10.0 Å². The molecule has 4 nitrogen and oxygen atoms in total. The van der Waals surface area contributed by atoms with Crippen LogP contribution in [-0.4, -0.2) is 38.9 Å². The van der Waals surface area contributed by atoms with Gasteiger partial charge in [-0.05, 0) is 37.6 Å². The minimum absolute atomic E-state index is 0.00682. The van der Waals surface area contributed by atoms with Gasteiger partial charge in [-0.15, -0.1) is 0 Å². The Bertz CT molecular complexity index is 539. The van der Waals surface area contributed by atoms with Gasteiger partial charge < -0.3 is 5.32 Å². The highest BCUT2D eigenvalue weighted by molar-refractivity contribution is 7.89. The van der Waals surface area contributed by atoms with Gasteiger partial charge in [0.05, 0.1) is 5.02 Å². The van der Waals surface area contributed by atoms with Gasteiger partial charge in [0.15, 0.2) is 0 Å². The lowest BCUT2D eigenvalue weighted by atomic mass is 10.2. The predicted molar refractivity (Wildman–Crippen MR) is 72.4 cm³/mol. The van der Waals surface area contributed by atoms with Gasteiger partial charge in [0.25, 0.3) is 0 Å². The molecule has 1 N–H and O–H groups in total. The minimum atomic E-state index is -3.51. The van der Waals surface area contributed by atoms with E-state index in [9.17, 15) is 8.42 Å². The Morgan fingerprint density at radius 2 is 2.17 bits per heavy atom. The summed E-state index contributed by atoms with van der Waals surface area (Å²) in [6, 6.07) is 5.02. The van der Waals surface area contributed by atoms with Crippen molar-refractivity contribution in [3.05, 3.63) is 28.8 Å². The minimum Gasteiger partial charge on any atom is -0.315 e. The van der Waals surface area contributed by atoms with Crippen LogP contribution in [0, 0.1) is 6.92 Å². The zero-order valence-corrected chi connectivity index (χ0v) is 12.1. The first kappa shape index (κ1) is 13.8. The Hall–Kier alpha value is -0.620. The highest BCUT2D eigenvalue weighted by Crippen LogP contribution is 2.26. The number of aryl methyl sites for hydroxylation is 1. The maximum Gasteiger partial charge on any atom is 0.244 e. The van der Waals surface area contributed by atoms with Gasteiger partial charge in [-0.2, -0.15) is 4.31 Å². The molecule has 1 aromatic rings. The van der Waals surface area contributed by atoms with Crippen LogP contribution in [0.1, 0.15) is 12.0 Å². The average molecular weight is 289 g/mol. The van der Waals surface area contributed by atoms with E-state index in [1.54, 1.807) is 25.2 Å². The summed E-state index contributed by atoms with van der Waals surface area (Å²) in [5, 5.41) is 3.45. The third kappa shape index (κ3) is 2.54. The Balaban J connectivity index is 2.35. The largest absolute Gasteiger partial charge is 0.315 e. The highest BCUT2D eigenvalue weighted by atomic mass is 35.5. The summed E-state index contributed by atoms with van der Waals surface area (Å²) in [6.07, 6.45) is 0.833. The van der Waals surface area contributed by atoms with E-state index >= 15 is 0 Å². The second-order valence-electron chi connectivity index (χ2n) is 4.60. The fraction of sp³-hybridized carbons (Fsp3) is 0.500. The molecule has 100 valence electrons. The predicted octanol–water partition coefficient (Wildman–Crippen LogP) is 1.63. The van der Waals surface area contributed by atoms with E-state index in [1.165, 1.54) is 4.31 Å². The number of halogens is 1. The standard InChI is InChI=1S/C12H17ClN2O2S/c1-9-3-4-12(11(13)7-9)18(16,17)15(2)10-5-6-14-8-10/h3-4,7,10,14H,5-6,8H2,1-2H3/t10-/m0/s1. The fourth-order valence-electron chi connectivity index (χ4n) is 2.12. The Labute approximate surface area is 113 Å². The van der Waals surface area contributed by atoms with Crippen molar-refractivity contribution in [1.82, 2.24) is 9.62 Å². The number of hydrogen-bond donors (Lipinski definition) is 1. The topological polar surface area (TPSA) is 49.4 Å². The average Bonchev–Trinajstić information content (AvgIpc) is 2.80. The van der Waals surface area contributed by atoms with Crippen LogP contribution in [0.2, 0.25) is 5.02 Å². The molecule has 1 aliphatic heterocycles. The number of nitrogens with one attached hydrogen (secondary N) is 1. The van der Waals surface area contributed by atoms with Gasteiger partial charge in [0, 0.05) is 19.6 Å². The lowest BCUT2D eigenvalue weighted by Crippen LogP contribution is -2.38. The van der Waals surface area contributed by atoms with Crippen LogP contribution in [0.4, 0.5) is 0 Å². The molecule has 0 spiro atoms. The molecule has 0 aliphatic carbocycles. The number of likely N-dealkylation sites (N-methyl/N-ethyl adjacent to an activating group) is 1. The molecule has 2 rings (SSSR count). The molecule has 18 heavy (non-hydrogen) atoms. The van der Waals surface area contributed by atoms with Crippen molar-refractivity contribution in [3.8, 4) is 0 Å². The van der Waals surface area contributed by atoms with Crippen molar-refractivity contribution < 1.29 is 8.42 Å².